The number of aromatic nitrogens is 1. The standard InChI is InChI=1S/C10H14N2O.C2H6/c1-9(13)12(2)8-5-10-3-6-11-7-4-10;1-2/h3-4,6-7H,5,8H2,1-2H3;1-2H3. The fourth-order valence-corrected chi connectivity index (χ4v) is 1.00. The first kappa shape index (κ1) is 13.6. The van der Waals surface area contributed by atoms with Gasteiger partial charge < -0.3 is 4.90 Å². The van der Waals surface area contributed by atoms with Crippen molar-refractivity contribution >= 4 is 5.91 Å². The van der Waals surface area contributed by atoms with Crippen molar-refractivity contribution in [2.24, 2.45) is 0 Å². The largest absolute Gasteiger partial charge is 0.346 e. The Balaban J connectivity index is 0.000000921. The van der Waals surface area contributed by atoms with E-state index in [9.17, 15) is 4.79 Å². The molecule has 3 heteroatoms. The summed E-state index contributed by atoms with van der Waals surface area (Å²) in [7, 11) is 1.81. The molecule has 0 aliphatic rings. The van der Waals surface area contributed by atoms with E-state index in [4.69, 9.17) is 0 Å². The number of amides is 1. The first-order chi connectivity index (χ1) is 7.20. The molecule has 0 aromatic carbocycles. The number of pyridine rings is 1. The van der Waals surface area contributed by atoms with Gasteiger partial charge in [0.25, 0.3) is 0 Å². The minimum Gasteiger partial charge on any atom is -0.346 e. The molecular weight excluding hydrogens is 188 g/mol. The second-order valence-electron chi connectivity index (χ2n) is 3.05. The van der Waals surface area contributed by atoms with Crippen LogP contribution < -0.4 is 0 Å². The van der Waals surface area contributed by atoms with Crippen LogP contribution in [0.2, 0.25) is 0 Å². The second kappa shape index (κ2) is 7.97. The van der Waals surface area contributed by atoms with Crippen molar-refractivity contribution < 1.29 is 4.79 Å². The highest BCUT2D eigenvalue weighted by Crippen LogP contribution is 1.98. The van der Waals surface area contributed by atoms with Gasteiger partial charge >= 0.3 is 0 Å². The summed E-state index contributed by atoms with van der Waals surface area (Å²) < 4.78 is 0. The molecule has 0 fully saturated rings. The molecule has 1 rings (SSSR count). The summed E-state index contributed by atoms with van der Waals surface area (Å²) in [5.41, 5.74) is 1.21. The van der Waals surface area contributed by atoms with Gasteiger partial charge in [-0.25, -0.2) is 0 Å². The SMILES string of the molecule is CC.CC(=O)N(C)CCc1ccncc1. The molecule has 1 heterocycles. The number of carbonyl (C=O) groups excluding carboxylic acids is 1. The zero-order valence-electron chi connectivity index (χ0n) is 10.0. The Morgan fingerprint density at radius 2 is 1.87 bits per heavy atom. The third kappa shape index (κ3) is 5.83. The van der Waals surface area contributed by atoms with Gasteiger partial charge in [-0.05, 0) is 24.1 Å². The van der Waals surface area contributed by atoms with Crippen molar-refractivity contribution in [1.29, 1.82) is 0 Å². The summed E-state index contributed by atoms with van der Waals surface area (Å²) in [5, 5.41) is 0. The van der Waals surface area contributed by atoms with E-state index < -0.39 is 0 Å². The average Bonchev–Trinajstić information content (AvgIpc) is 2.30. The summed E-state index contributed by atoms with van der Waals surface area (Å²) in [6, 6.07) is 3.93. The maximum atomic E-state index is 10.9. The maximum Gasteiger partial charge on any atom is 0.219 e. The fourth-order valence-electron chi connectivity index (χ4n) is 1.00. The lowest BCUT2D eigenvalue weighted by Gasteiger charge is -2.13. The summed E-state index contributed by atoms with van der Waals surface area (Å²) >= 11 is 0. The highest BCUT2D eigenvalue weighted by Gasteiger charge is 2.01. The number of hydrogen-bond donors (Lipinski definition) is 0. The highest BCUT2D eigenvalue weighted by molar-refractivity contribution is 5.72. The predicted molar refractivity (Wildman–Crippen MR) is 62.6 cm³/mol. The van der Waals surface area contributed by atoms with E-state index in [2.05, 4.69) is 4.98 Å². The van der Waals surface area contributed by atoms with Crippen molar-refractivity contribution in [2.75, 3.05) is 13.6 Å². The Bertz CT molecular complexity index is 272. The second-order valence-corrected chi connectivity index (χ2v) is 3.05. The van der Waals surface area contributed by atoms with Gasteiger partial charge in [-0.2, -0.15) is 0 Å². The Hall–Kier alpha value is -1.38. The fraction of sp³-hybridized carbons (Fsp3) is 0.500. The molecular formula is C12H20N2O. The number of carbonyl (C=O) groups is 1. The van der Waals surface area contributed by atoms with Crippen LogP contribution in [-0.4, -0.2) is 29.4 Å². The van der Waals surface area contributed by atoms with Crippen LogP contribution in [0.5, 0.6) is 0 Å². The van der Waals surface area contributed by atoms with Crippen LogP contribution in [0.4, 0.5) is 0 Å². The van der Waals surface area contributed by atoms with Crippen molar-refractivity contribution in [3.05, 3.63) is 30.1 Å². The highest BCUT2D eigenvalue weighted by atomic mass is 16.2. The van der Waals surface area contributed by atoms with E-state index in [0.717, 1.165) is 13.0 Å². The number of nitrogens with zero attached hydrogens (tertiary/aromatic N) is 2. The number of hydrogen-bond acceptors (Lipinski definition) is 2. The predicted octanol–water partition coefficient (Wildman–Crippen LogP) is 2.13. The van der Waals surface area contributed by atoms with E-state index >= 15 is 0 Å². The van der Waals surface area contributed by atoms with Crippen molar-refractivity contribution in [1.82, 2.24) is 9.88 Å². The van der Waals surface area contributed by atoms with E-state index in [0.29, 0.717) is 0 Å². The van der Waals surface area contributed by atoms with E-state index in [1.54, 1.807) is 24.2 Å². The molecule has 1 aromatic rings. The summed E-state index contributed by atoms with van der Waals surface area (Å²) in [6.45, 7) is 6.34. The van der Waals surface area contributed by atoms with Crippen LogP contribution in [-0.2, 0) is 11.2 Å². The number of likely N-dealkylation sites (N-methyl/N-ethyl adjacent to an activating group) is 1. The van der Waals surface area contributed by atoms with Gasteiger partial charge in [-0.3, -0.25) is 9.78 Å². The molecule has 0 atom stereocenters. The van der Waals surface area contributed by atoms with E-state index in [1.807, 2.05) is 33.0 Å². The van der Waals surface area contributed by atoms with Gasteiger partial charge in [0.2, 0.25) is 5.91 Å². The van der Waals surface area contributed by atoms with Crippen molar-refractivity contribution in [3.63, 3.8) is 0 Å². The van der Waals surface area contributed by atoms with Crippen LogP contribution in [0.1, 0.15) is 26.3 Å². The lowest BCUT2D eigenvalue weighted by Crippen LogP contribution is -2.26. The molecule has 0 unspecified atom stereocenters. The molecule has 15 heavy (non-hydrogen) atoms. The minimum atomic E-state index is 0.106. The molecule has 0 aliphatic carbocycles. The molecule has 0 saturated heterocycles. The topological polar surface area (TPSA) is 33.2 Å². The third-order valence-electron chi connectivity index (χ3n) is 2.02. The molecule has 0 N–H and O–H groups in total. The molecule has 0 radical (unpaired) electrons. The number of rotatable bonds is 3. The first-order valence-corrected chi connectivity index (χ1v) is 5.31. The van der Waals surface area contributed by atoms with Crippen molar-refractivity contribution in [2.45, 2.75) is 27.2 Å². The summed E-state index contributed by atoms with van der Waals surface area (Å²) in [5.74, 6) is 0.106. The van der Waals surface area contributed by atoms with Gasteiger partial charge in [0.15, 0.2) is 0 Å². The normalized spacial score (nSPS) is 8.80. The van der Waals surface area contributed by atoms with Gasteiger partial charge in [-0.1, -0.05) is 13.8 Å². The molecule has 1 aromatic heterocycles. The molecule has 1 amide bonds. The Kier molecular flexibility index (Phi) is 7.24. The quantitative estimate of drug-likeness (QED) is 0.762. The zero-order valence-corrected chi connectivity index (χ0v) is 10.0. The Morgan fingerprint density at radius 1 is 1.33 bits per heavy atom. The smallest absolute Gasteiger partial charge is 0.219 e. The van der Waals surface area contributed by atoms with Crippen molar-refractivity contribution in [3.8, 4) is 0 Å². The third-order valence-corrected chi connectivity index (χ3v) is 2.02. The van der Waals surface area contributed by atoms with Crippen LogP contribution in [0.25, 0.3) is 0 Å². The van der Waals surface area contributed by atoms with Gasteiger partial charge in [-0.15, -0.1) is 0 Å². The van der Waals surface area contributed by atoms with Crippen LogP contribution >= 0.6 is 0 Å². The van der Waals surface area contributed by atoms with E-state index in [-0.39, 0.29) is 5.91 Å². The molecule has 84 valence electrons. The zero-order chi connectivity index (χ0) is 11.7. The van der Waals surface area contributed by atoms with E-state index in [1.165, 1.54) is 5.56 Å². The van der Waals surface area contributed by atoms with Gasteiger partial charge in [0, 0.05) is 32.9 Å². The lowest BCUT2D eigenvalue weighted by molar-refractivity contribution is -0.127. The maximum absolute atomic E-state index is 10.9. The summed E-state index contributed by atoms with van der Waals surface area (Å²) in [6.07, 6.45) is 4.42. The molecule has 0 spiro atoms. The minimum absolute atomic E-state index is 0.106. The molecule has 3 nitrogen and oxygen atoms in total. The first-order valence-electron chi connectivity index (χ1n) is 5.31. The Labute approximate surface area is 92.1 Å². The van der Waals surface area contributed by atoms with Crippen LogP contribution in [0.15, 0.2) is 24.5 Å². The molecule has 0 aliphatic heterocycles. The van der Waals surface area contributed by atoms with Crippen LogP contribution in [0, 0.1) is 0 Å². The molecule has 0 bridgehead atoms. The monoisotopic (exact) mass is 208 g/mol. The molecule has 0 saturated carbocycles. The average molecular weight is 208 g/mol. The van der Waals surface area contributed by atoms with Crippen LogP contribution in [0.3, 0.4) is 0 Å². The Morgan fingerprint density at radius 3 is 2.33 bits per heavy atom. The lowest BCUT2D eigenvalue weighted by atomic mass is 10.2. The summed E-state index contributed by atoms with van der Waals surface area (Å²) in [4.78, 5) is 16.5. The van der Waals surface area contributed by atoms with Gasteiger partial charge in [0.05, 0.1) is 0 Å². The van der Waals surface area contributed by atoms with Gasteiger partial charge in [0.1, 0.15) is 0 Å².